The lowest BCUT2D eigenvalue weighted by molar-refractivity contribution is 0.0161. The monoisotopic (exact) mass is 331 g/mol. The second-order valence-corrected chi connectivity index (χ2v) is 5.81. The smallest absolute Gasteiger partial charge is 0.177 e. The first-order valence-corrected chi connectivity index (χ1v) is 7.78. The Balaban J connectivity index is 1.74. The topological polar surface area (TPSA) is 58.0 Å². The summed E-state index contributed by atoms with van der Waals surface area (Å²) in [4.78, 5) is 11.3. The standard InChI is InChI=1S/C14H19Cl2N3O2/c15-13-5-4-11(8-17-13)14(16)18-21-10-12(20)9-19-6-2-1-3-7-19/h4-5,8,12,20H,1-3,6-7,9-10H2/b18-14-. The van der Waals surface area contributed by atoms with Gasteiger partial charge < -0.3 is 14.8 Å². The molecule has 1 atom stereocenters. The van der Waals surface area contributed by atoms with E-state index in [1.165, 1.54) is 25.5 Å². The fourth-order valence-electron chi connectivity index (χ4n) is 2.22. The van der Waals surface area contributed by atoms with Gasteiger partial charge in [0.1, 0.15) is 17.9 Å². The summed E-state index contributed by atoms with van der Waals surface area (Å²) in [6.07, 6.45) is 4.61. The zero-order valence-electron chi connectivity index (χ0n) is 11.7. The Hall–Kier alpha value is -0.880. The molecule has 1 unspecified atom stereocenters. The maximum Gasteiger partial charge on any atom is 0.177 e. The average Bonchev–Trinajstić information content (AvgIpc) is 2.49. The Morgan fingerprint density at radius 1 is 1.38 bits per heavy atom. The number of β-amino-alcohol motifs (C(OH)–C–C–N with tert-alkyl or cyclic N) is 1. The van der Waals surface area contributed by atoms with Crippen molar-refractivity contribution < 1.29 is 9.94 Å². The minimum atomic E-state index is -0.570. The van der Waals surface area contributed by atoms with Gasteiger partial charge in [-0.15, -0.1) is 0 Å². The van der Waals surface area contributed by atoms with Gasteiger partial charge in [-0.3, -0.25) is 0 Å². The second-order valence-electron chi connectivity index (χ2n) is 5.06. The normalized spacial score (nSPS) is 18.5. The molecule has 116 valence electrons. The highest BCUT2D eigenvalue weighted by Gasteiger charge is 2.15. The van der Waals surface area contributed by atoms with Gasteiger partial charge in [0.2, 0.25) is 0 Å². The van der Waals surface area contributed by atoms with E-state index in [-0.39, 0.29) is 11.8 Å². The van der Waals surface area contributed by atoms with E-state index in [0.717, 1.165) is 13.1 Å². The van der Waals surface area contributed by atoms with E-state index in [1.807, 2.05) is 0 Å². The maximum absolute atomic E-state index is 9.91. The maximum atomic E-state index is 9.91. The molecule has 0 saturated carbocycles. The van der Waals surface area contributed by atoms with E-state index in [2.05, 4.69) is 15.0 Å². The predicted molar refractivity (Wildman–Crippen MR) is 83.9 cm³/mol. The molecule has 1 aromatic rings. The summed E-state index contributed by atoms with van der Waals surface area (Å²) < 4.78 is 0. The third-order valence-corrected chi connectivity index (χ3v) is 3.81. The van der Waals surface area contributed by atoms with Crippen molar-refractivity contribution in [2.24, 2.45) is 5.16 Å². The lowest BCUT2D eigenvalue weighted by Gasteiger charge is -2.27. The molecule has 5 nitrogen and oxygen atoms in total. The van der Waals surface area contributed by atoms with Crippen LogP contribution in [0.3, 0.4) is 0 Å². The van der Waals surface area contributed by atoms with Gasteiger partial charge in [0, 0.05) is 18.3 Å². The first-order chi connectivity index (χ1) is 10.1. The SMILES string of the molecule is OC(CO/N=C(\Cl)c1ccc(Cl)nc1)CN1CCCCC1. The van der Waals surface area contributed by atoms with Crippen LogP contribution in [-0.4, -0.2) is 52.5 Å². The molecule has 1 fully saturated rings. The van der Waals surface area contributed by atoms with Crippen LogP contribution >= 0.6 is 23.2 Å². The van der Waals surface area contributed by atoms with Crippen LogP contribution in [0, 0.1) is 0 Å². The summed E-state index contributed by atoms with van der Waals surface area (Å²) in [7, 11) is 0. The summed E-state index contributed by atoms with van der Waals surface area (Å²) in [6, 6.07) is 3.33. The molecule has 1 aliphatic rings. The van der Waals surface area contributed by atoms with Gasteiger partial charge >= 0.3 is 0 Å². The van der Waals surface area contributed by atoms with Crippen LogP contribution in [0.4, 0.5) is 0 Å². The third kappa shape index (κ3) is 5.79. The molecule has 1 N–H and O–H groups in total. The molecule has 0 aromatic carbocycles. The van der Waals surface area contributed by atoms with Crippen LogP contribution in [0.2, 0.25) is 5.15 Å². The van der Waals surface area contributed by atoms with E-state index in [4.69, 9.17) is 28.0 Å². The van der Waals surface area contributed by atoms with Crippen LogP contribution in [0.25, 0.3) is 0 Å². The number of aliphatic hydroxyl groups excluding tert-OH is 1. The molecule has 2 rings (SSSR count). The number of pyridine rings is 1. The second kappa shape index (κ2) is 8.54. The van der Waals surface area contributed by atoms with Crippen molar-refractivity contribution in [3.63, 3.8) is 0 Å². The number of hydrogen-bond acceptors (Lipinski definition) is 5. The molecule has 21 heavy (non-hydrogen) atoms. The lowest BCUT2D eigenvalue weighted by atomic mass is 10.1. The van der Waals surface area contributed by atoms with Crippen molar-refractivity contribution in [3.05, 3.63) is 29.0 Å². The Morgan fingerprint density at radius 2 is 2.14 bits per heavy atom. The Labute approximate surface area is 134 Å². The van der Waals surface area contributed by atoms with Crippen molar-refractivity contribution in [1.82, 2.24) is 9.88 Å². The first-order valence-electron chi connectivity index (χ1n) is 7.03. The molecular weight excluding hydrogens is 313 g/mol. The van der Waals surface area contributed by atoms with E-state index < -0.39 is 6.10 Å². The molecule has 2 heterocycles. The van der Waals surface area contributed by atoms with Gasteiger partial charge in [-0.25, -0.2) is 4.98 Å². The highest BCUT2D eigenvalue weighted by atomic mass is 35.5. The van der Waals surface area contributed by atoms with Crippen molar-refractivity contribution in [2.75, 3.05) is 26.2 Å². The Morgan fingerprint density at radius 3 is 2.81 bits per heavy atom. The zero-order chi connectivity index (χ0) is 15.1. The Kier molecular flexibility index (Phi) is 6.70. The number of piperidine rings is 1. The molecule has 1 aliphatic heterocycles. The predicted octanol–water partition coefficient (Wildman–Crippen LogP) is 2.50. The molecular formula is C14H19Cl2N3O2. The lowest BCUT2D eigenvalue weighted by Crippen LogP contribution is -2.38. The minimum absolute atomic E-state index is 0.119. The van der Waals surface area contributed by atoms with Crippen molar-refractivity contribution in [1.29, 1.82) is 0 Å². The van der Waals surface area contributed by atoms with Gasteiger partial charge in [0.15, 0.2) is 5.17 Å². The summed E-state index contributed by atoms with van der Waals surface area (Å²) in [6.45, 7) is 2.80. The van der Waals surface area contributed by atoms with Crippen LogP contribution in [0.1, 0.15) is 24.8 Å². The summed E-state index contributed by atoms with van der Waals surface area (Å²) in [5.41, 5.74) is 0.617. The number of likely N-dealkylation sites (tertiary alicyclic amines) is 1. The van der Waals surface area contributed by atoms with E-state index in [1.54, 1.807) is 12.1 Å². The summed E-state index contributed by atoms with van der Waals surface area (Å²) in [5, 5.41) is 14.3. The minimum Gasteiger partial charge on any atom is -0.392 e. The molecule has 7 heteroatoms. The molecule has 0 bridgehead atoms. The number of oxime groups is 1. The van der Waals surface area contributed by atoms with Crippen LogP contribution in [-0.2, 0) is 4.84 Å². The van der Waals surface area contributed by atoms with Crippen molar-refractivity contribution in [2.45, 2.75) is 25.4 Å². The molecule has 0 spiro atoms. The van der Waals surface area contributed by atoms with Gasteiger partial charge in [-0.2, -0.15) is 0 Å². The summed E-state index contributed by atoms with van der Waals surface area (Å²) in [5.74, 6) is 0. The van der Waals surface area contributed by atoms with Crippen LogP contribution < -0.4 is 0 Å². The van der Waals surface area contributed by atoms with E-state index >= 15 is 0 Å². The molecule has 0 amide bonds. The van der Waals surface area contributed by atoms with Crippen LogP contribution in [0.5, 0.6) is 0 Å². The molecule has 0 aliphatic carbocycles. The van der Waals surface area contributed by atoms with E-state index in [0.29, 0.717) is 17.3 Å². The van der Waals surface area contributed by atoms with Gasteiger partial charge in [0.05, 0.1) is 0 Å². The number of rotatable bonds is 6. The van der Waals surface area contributed by atoms with Crippen molar-refractivity contribution in [3.8, 4) is 0 Å². The first kappa shape index (κ1) is 16.5. The van der Waals surface area contributed by atoms with Gasteiger partial charge in [-0.1, -0.05) is 34.8 Å². The fourth-order valence-corrected chi connectivity index (χ4v) is 2.50. The highest BCUT2D eigenvalue weighted by molar-refractivity contribution is 6.69. The number of hydrogen-bond donors (Lipinski definition) is 1. The average molecular weight is 332 g/mol. The fraction of sp³-hybridized carbons (Fsp3) is 0.571. The zero-order valence-corrected chi connectivity index (χ0v) is 13.2. The largest absolute Gasteiger partial charge is 0.392 e. The number of aromatic nitrogens is 1. The molecule has 1 saturated heterocycles. The van der Waals surface area contributed by atoms with Crippen molar-refractivity contribution >= 4 is 28.4 Å². The molecule has 0 radical (unpaired) electrons. The van der Waals surface area contributed by atoms with E-state index in [9.17, 15) is 5.11 Å². The third-order valence-electron chi connectivity index (χ3n) is 3.29. The number of halogens is 2. The number of aliphatic hydroxyl groups is 1. The molecule has 1 aromatic heterocycles. The van der Waals surface area contributed by atoms with Crippen LogP contribution in [0.15, 0.2) is 23.5 Å². The Bertz CT molecular complexity index is 462. The van der Waals surface area contributed by atoms with Gasteiger partial charge in [0.25, 0.3) is 0 Å². The quantitative estimate of drug-likeness (QED) is 0.494. The summed E-state index contributed by atoms with van der Waals surface area (Å²) >= 11 is 11.7. The number of nitrogens with zero attached hydrogens (tertiary/aromatic N) is 3. The van der Waals surface area contributed by atoms with Gasteiger partial charge in [-0.05, 0) is 38.1 Å². The highest BCUT2D eigenvalue weighted by Crippen LogP contribution is 2.10.